The summed E-state index contributed by atoms with van der Waals surface area (Å²) in [4.78, 5) is 40.3. The van der Waals surface area contributed by atoms with Gasteiger partial charge in [-0.1, -0.05) is 31.0 Å². The van der Waals surface area contributed by atoms with Crippen LogP contribution in [0.3, 0.4) is 0 Å². The van der Waals surface area contributed by atoms with Crippen molar-refractivity contribution in [2.45, 2.75) is 45.3 Å². The number of fused-ring (bicyclic) bond motifs is 1. The summed E-state index contributed by atoms with van der Waals surface area (Å²) in [5.74, 6) is -4.23. The molecular formula is C23H26ClF2N3O5. The number of carbonyl (C=O) groups is 2. The molecule has 3 rings (SSSR count). The van der Waals surface area contributed by atoms with E-state index >= 15 is 0 Å². The minimum Gasteiger partial charge on any atom is -0.503 e. The first-order valence-corrected chi connectivity index (χ1v) is 11.2. The van der Waals surface area contributed by atoms with E-state index in [1.165, 1.54) is 17.9 Å². The van der Waals surface area contributed by atoms with Crippen molar-refractivity contribution < 1.29 is 28.2 Å². The van der Waals surface area contributed by atoms with E-state index < -0.39 is 51.3 Å². The molecule has 0 bridgehead atoms. The number of methoxy groups -OCH3 is 1. The van der Waals surface area contributed by atoms with E-state index in [-0.39, 0.29) is 30.5 Å². The molecule has 1 aliphatic rings. The second kappa shape index (κ2) is 10.5. The maximum atomic E-state index is 14.1. The number of pyridine rings is 1. The smallest absolute Gasteiger partial charge is 0.274 e. The van der Waals surface area contributed by atoms with Crippen molar-refractivity contribution in [2.75, 3.05) is 20.3 Å². The van der Waals surface area contributed by atoms with Gasteiger partial charge in [0.25, 0.3) is 11.8 Å². The summed E-state index contributed by atoms with van der Waals surface area (Å²) < 4.78 is 34.2. The van der Waals surface area contributed by atoms with Gasteiger partial charge in [-0.05, 0) is 19.4 Å². The lowest BCUT2D eigenvalue weighted by molar-refractivity contribution is 0.0398. The van der Waals surface area contributed by atoms with Crippen LogP contribution in [0.25, 0.3) is 0 Å². The van der Waals surface area contributed by atoms with Crippen LogP contribution in [0.2, 0.25) is 5.02 Å². The summed E-state index contributed by atoms with van der Waals surface area (Å²) in [5.41, 5.74) is -1.77. The van der Waals surface area contributed by atoms with Crippen LogP contribution in [0.5, 0.6) is 5.75 Å². The number of amides is 2. The average Bonchev–Trinajstić information content (AvgIpc) is 2.81. The summed E-state index contributed by atoms with van der Waals surface area (Å²) in [5, 5.41) is 12.3. The number of unbranched alkanes of at least 4 members (excludes halogenated alkanes) is 1. The van der Waals surface area contributed by atoms with Crippen LogP contribution >= 0.6 is 11.6 Å². The van der Waals surface area contributed by atoms with E-state index in [1.807, 2.05) is 13.8 Å². The van der Waals surface area contributed by atoms with Crippen LogP contribution < -0.4 is 10.7 Å². The summed E-state index contributed by atoms with van der Waals surface area (Å²) in [6.07, 6.45) is 2.80. The maximum absolute atomic E-state index is 14.1. The first-order chi connectivity index (χ1) is 16.1. The SMILES string of the molecule is CCCCN1C(=O)c2c(O)c(=O)c(C(=O)NCc3ccc(F)c(Cl)c3F)cn2[C@@H](COC)[C@@H]1C. The minimum absolute atomic E-state index is 0.0883. The minimum atomic E-state index is -1.03. The van der Waals surface area contributed by atoms with Gasteiger partial charge in [0.1, 0.15) is 22.2 Å². The Balaban J connectivity index is 1.98. The predicted octanol–water partition coefficient (Wildman–Crippen LogP) is 3.25. The first-order valence-electron chi connectivity index (χ1n) is 10.8. The number of hydrogen-bond acceptors (Lipinski definition) is 5. The van der Waals surface area contributed by atoms with Gasteiger partial charge in [0.2, 0.25) is 5.43 Å². The fraction of sp³-hybridized carbons (Fsp3) is 0.435. The highest BCUT2D eigenvalue weighted by atomic mass is 35.5. The van der Waals surface area contributed by atoms with Crippen molar-refractivity contribution in [2.24, 2.45) is 0 Å². The molecule has 11 heteroatoms. The molecule has 0 aliphatic carbocycles. The third-order valence-corrected chi connectivity index (χ3v) is 6.32. The van der Waals surface area contributed by atoms with Gasteiger partial charge in [0.05, 0.1) is 18.7 Å². The maximum Gasteiger partial charge on any atom is 0.274 e. The molecule has 0 spiro atoms. The Labute approximate surface area is 200 Å². The van der Waals surface area contributed by atoms with E-state index in [0.717, 1.165) is 25.0 Å². The molecule has 34 heavy (non-hydrogen) atoms. The Morgan fingerprint density at radius 2 is 2.00 bits per heavy atom. The Morgan fingerprint density at radius 1 is 1.29 bits per heavy atom. The number of aromatic nitrogens is 1. The average molecular weight is 498 g/mol. The van der Waals surface area contributed by atoms with Crippen molar-refractivity contribution in [3.63, 3.8) is 0 Å². The van der Waals surface area contributed by atoms with E-state index in [9.17, 15) is 28.3 Å². The third-order valence-electron chi connectivity index (χ3n) is 5.97. The van der Waals surface area contributed by atoms with Gasteiger partial charge >= 0.3 is 0 Å². The Hall–Kier alpha value is -2.98. The lowest BCUT2D eigenvalue weighted by Crippen LogP contribution is -2.52. The third kappa shape index (κ3) is 4.65. The van der Waals surface area contributed by atoms with E-state index in [4.69, 9.17) is 16.3 Å². The molecule has 0 fully saturated rings. The summed E-state index contributed by atoms with van der Waals surface area (Å²) >= 11 is 5.56. The van der Waals surface area contributed by atoms with Gasteiger partial charge in [-0.15, -0.1) is 0 Å². The molecule has 1 aromatic heterocycles. The highest BCUT2D eigenvalue weighted by Gasteiger charge is 2.39. The summed E-state index contributed by atoms with van der Waals surface area (Å²) in [7, 11) is 1.48. The van der Waals surface area contributed by atoms with Gasteiger partial charge < -0.3 is 24.6 Å². The summed E-state index contributed by atoms with van der Waals surface area (Å²) in [6.45, 7) is 4.04. The lowest BCUT2D eigenvalue weighted by atomic mass is 10.0. The number of nitrogens with one attached hydrogen (secondary N) is 1. The molecule has 2 N–H and O–H groups in total. The molecule has 2 heterocycles. The number of ether oxygens (including phenoxy) is 1. The normalized spacial score (nSPS) is 17.6. The number of nitrogens with zero attached hydrogens (tertiary/aromatic N) is 2. The Morgan fingerprint density at radius 3 is 2.65 bits per heavy atom. The molecule has 2 atom stereocenters. The van der Waals surface area contributed by atoms with Crippen molar-refractivity contribution in [1.82, 2.24) is 14.8 Å². The zero-order chi connectivity index (χ0) is 25.2. The van der Waals surface area contributed by atoms with Crippen molar-refractivity contribution in [1.29, 1.82) is 0 Å². The quantitative estimate of drug-likeness (QED) is 0.545. The molecule has 1 aromatic carbocycles. The molecule has 184 valence electrons. The standard InChI is InChI=1S/C23H26ClF2N3O5/c1-4-5-8-28-12(2)16(11-34-3)29-10-14(20(30)21(31)19(29)23(28)33)22(32)27-9-13-6-7-15(25)17(24)18(13)26/h6-7,10,12,16,31H,4-5,8-9,11H2,1-3H3,(H,27,32)/t12-,16-/m0/s1. The zero-order valence-corrected chi connectivity index (χ0v) is 19.8. The molecule has 2 amide bonds. The van der Waals surface area contributed by atoms with Crippen LogP contribution in [0.4, 0.5) is 8.78 Å². The highest BCUT2D eigenvalue weighted by molar-refractivity contribution is 6.30. The van der Waals surface area contributed by atoms with Gasteiger partial charge in [-0.2, -0.15) is 0 Å². The van der Waals surface area contributed by atoms with Crippen LogP contribution in [0.15, 0.2) is 23.1 Å². The molecule has 0 saturated carbocycles. The molecular weight excluding hydrogens is 472 g/mol. The molecule has 1 aliphatic heterocycles. The van der Waals surface area contributed by atoms with Gasteiger partial charge in [0, 0.05) is 32.0 Å². The van der Waals surface area contributed by atoms with Crippen molar-refractivity contribution >= 4 is 23.4 Å². The monoisotopic (exact) mass is 497 g/mol. The topological polar surface area (TPSA) is 101 Å². The second-order valence-electron chi connectivity index (χ2n) is 8.11. The van der Waals surface area contributed by atoms with Crippen LogP contribution in [-0.2, 0) is 11.3 Å². The first kappa shape index (κ1) is 25.6. The number of benzene rings is 1. The number of carbonyl (C=O) groups excluding carboxylic acids is 2. The molecule has 8 nitrogen and oxygen atoms in total. The molecule has 0 saturated heterocycles. The zero-order valence-electron chi connectivity index (χ0n) is 19.0. The number of halogens is 3. The molecule has 0 unspecified atom stereocenters. The van der Waals surface area contributed by atoms with Crippen LogP contribution in [-0.4, -0.2) is 52.7 Å². The van der Waals surface area contributed by atoms with E-state index in [0.29, 0.717) is 6.54 Å². The largest absolute Gasteiger partial charge is 0.503 e. The number of rotatable bonds is 8. The van der Waals surface area contributed by atoms with Crippen molar-refractivity contribution in [3.8, 4) is 5.75 Å². The van der Waals surface area contributed by atoms with Crippen LogP contribution in [0.1, 0.15) is 59.1 Å². The fourth-order valence-electron chi connectivity index (χ4n) is 4.01. The Bertz CT molecular complexity index is 1170. The van der Waals surface area contributed by atoms with Crippen LogP contribution in [0, 0.1) is 11.6 Å². The molecule has 0 radical (unpaired) electrons. The van der Waals surface area contributed by atoms with Gasteiger partial charge in [-0.25, -0.2) is 8.78 Å². The van der Waals surface area contributed by atoms with Crippen molar-refractivity contribution in [3.05, 3.63) is 62.0 Å². The predicted molar refractivity (Wildman–Crippen MR) is 121 cm³/mol. The number of hydrogen-bond donors (Lipinski definition) is 2. The molecule has 2 aromatic rings. The lowest BCUT2D eigenvalue weighted by Gasteiger charge is -2.41. The van der Waals surface area contributed by atoms with Gasteiger partial charge in [-0.3, -0.25) is 14.4 Å². The highest BCUT2D eigenvalue weighted by Crippen LogP contribution is 2.31. The number of aromatic hydroxyl groups is 1. The summed E-state index contributed by atoms with van der Waals surface area (Å²) in [6, 6.07) is 1.27. The fourth-order valence-corrected chi connectivity index (χ4v) is 4.20. The Kier molecular flexibility index (Phi) is 7.93. The van der Waals surface area contributed by atoms with E-state index in [2.05, 4.69) is 5.32 Å². The van der Waals surface area contributed by atoms with Gasteiger partial charge in [0.15, 0.2) is 11.4 Å². The second-order valence-corrected chi connectivity index (χ2v) is 8.49. The van der Waals surface area contributed by atoms with E-state index in [1.54, 1.807) is 4.90 Å².